The number of carbonyl (C=O) groups is 1. The Balaban J connectivity index is 2.26. The first-order valence-electron chi connectivity index (χ1n) is 5.22. The summed E-state index contributed by atoms with van der Waals surface area (Å²) in [5, 5.41) is 0. The van der Waals surface area contributed by atoms with Gasteiger partial charge >= 0.3 is 0 Å². The van der Waals surface area contributed by atoms with Crippen molar-refractivity contribution in [2.24, 2.45) is 0 Å². The van der Waals surface area contributed by atoms with E-state index in [0.29, 0.717) is 12.6 Å². The number of aromatic amines is 1. The summed E-state index contributed by atoms with van der Waals surface area (Å²) in [6, 6.07) is 1.73. The number of rotatable bonds is 3. The zero-order chi connectivity index (χ0) is 10.8. The summed E-state index contributed by atoms with van der Waals surface area (Å²) in [7, 11) is 0. The first kappa shape index (κ1) is 9.96. The van der Waals surface area contributed by atoms with Gasteiger partial charge in [0.2, 0.25) is 0 Å². The molecule has 0 aliphatic heterocycles. The molecule has 15 heavy (non-hydrogen) atoms. The van der Waals surface area contributed by atoms with Gasteiger partial charge in [-0.1, -0.05) is 0 Å². The SMILES string of the molecule is CCN(C(=O)c1c[nH]ccc1=O)C1CC1. The molecule has 2 rings (SSSR count). The molecule has 0 bridgehead atoms. The molecule has 1 amide bonds. The van der Waals surface area contributed by atoms with Gasteiger partial charge in [0.1, 0.15) is 5.56 Å². The molecule has 1 aliphatic carbocycles. The van der Waals surface area contributed by atoms with Gasteiger partial charge in [-0.25, -0.2) is 0 Å². The van der Waals surface area contributed by atoms with E-state index in [9.17, 15) is 9.59 Å². The Morgan fingerprint density at radius 3 is 2.87 bits per heavy atom. The molecular formula is C11H14N2O2. The maximum Gasteiger partial charge on any atom is 0.259 e. The number of aromatic nitrogens is 1. The van der Waals surface area contributed by atoms with Crippen molar-refractivity contribution in [3.63, 3.8) is 0 Å². The highest BCUT2D eigenvalue weighted by atomic mass is 16.2. The molecular weight excluding hydrogens is 192 g/mol. The second-order valence-electron chi connectivity index (χ2n) is 3.74. The highest BCUT2D eigenvalue weighted by molar-refractivity contribution is 5.94. The second kappa shape index (κ2) is 3.88. The number of amides is 1. The quantitative estimate of drug-likeness (QED) is 0.802. The monoisotopic (exact) mass is 206 g/mol. The number of nitrogens with one attached hydrogen (secondary N) is 1. The van der Waals surface area contributed by atoms with Crippen LogP contribution in [0.15, 0.2) is 23.3 Å². The van der Waals surface area contributed by atoms with Crippen LogP contribution in [0.4, 0.5) is 0 Å². The van der Waals surface area contributed by atoms with Crippen LogP contribution in [0.5, 0.6) is 0 Å². The Labute approximate surface area is 87.9 Å². The molecule has 1 N–H and O–H groups in total. The maximum atomic E-state index is 12.0. The Morgan fingerprint density at radius 2 is 2.33 bits per heavy atom. The molecule has 0 atom stereocenters. The van der Waals surface area contributed by atoms with Crippen molar-refractivity contribution < 1.29 is 4.79 Å². The van der Waals surface area contributed by atoms with Crippen molar-refractivity contribution in [3.05, 3.63) is 34.2 Å². The molecule has 1 saturated carbocycles. The Morgan fingerprint density at radius 1 is 1.60 bits per heavy atom. The summed E-state index contributed by atoms with van der Waals surface area (Å²) in [4.78, 5) is 28.0. The number of hydrogen-bond acceptors (Lipinski definition) is 2. The van der Waals surface area contributed by atoms with Gasteiger partial charge in [0.05, 0.1) is 0 Å². The van der Waals surface area contributed by atoms with Crippen molar-refractivity contribution in [2.45, 2.75) is 25.8 Å². The summed E-state index contributed by atoms with van der Waals surface area (Å²) < 4.78 is 0. The first-order chi connectivity index (χ1) is 7.24. The minimum atomic E-state index is -0.210. The highest BCUT2D eigenvalue weighted by Gasteiger charge is 2.32. The van der Waals surface area contributed by atoms with E-state index >= 15 is 0 Å². The standard InChI is InChI=1S/C11H14N2O2/c1-2-13(8-3-4-8)11(15)9-7-12-6-5-10(9)14/h5-8H,2-4H2,1H3,(H,12,14). The van der Waals surface area contributed by atoms with Gasteiger partial charge in [0.25, 0.3) is 5.91 Å². The van der Waals surface area contributed by atoms with Crippen LogP contribution < -0.4 is 5.43 Å². The van der Waals surface area contributed by atoms with E-state index in [4.69, 9.17) is 0 Å². The average molecular weight is 206 g/mol. The summed E-state index contributed by atoms with van der Waals surface area (Å²) >= 11 is 0. The normalized spacial score (nSPS) is 15.0. The molecule has 1 aromatic heterocycles. The largest absolute Gasteiger partial charge is 0.367 e. The number of pyridine rings is 1. The van der Waals surface area contributed by atoms with Crippen LogP contribution >= 0.6 is 0 Å². The molecule has 1 aliphatic rings. The predicted octanol–water partition coefficient (Wildman–Crippen LogP) is 0.999. The fourth-order valence-electron chi connectivity index (χ4n) is 1.69. The van der Waals surface area contributed by atoms with Gasteiger partial charge in [0, 0.05) is 31.0 Å². The molecule has 0 radical (unpaired) electrons. The van der Waals surface area contributed by atoms with E-state index in [2.05, 4.69) is 4.98 Å². The Kier molecular flexibility index (Phi) is 2.58. The van der Waals surface area contributed by atoms with E-state index in [-0.39, 0.29) is 16.9 Å². The van der Waals surface area contributed by atoms with Crippen molar-refractivity contribution in [1.29, 1.82) is 0 Å². The first-order valence-corrected chi connectivity index (χ1v) is 5.22. The van der Waals surface area contributed by atoms with E-state index in [1.54, 1.807) is 4.90 Å². The van der Waals surface area contributed by atoms with Gasteiger partial charge in [-0.05, 0) is 19.8 Å². The summed E-state index contributed by atoms with van der Waals surface area (Å²) in [5.41, 5.74) is 0.0316. The third-order valence-electron chi connectivity index (χ3n) is 2.64. The van der Waals surface area contributed by atoms with E-state index < -0.39 is 0 Å². The molecule has 1 aromatic rings. The molecule has 80 valence electrons. The van der Waals surface area contributed by atoms with Crippen LogP contribution in [0, 0.1) is 0 Å². The zero-order valence-corrected chi connectivity index (χ0v) is 8.69. The van der Waals surface area contributed by atoms with Crippen molar-refractivity contribution in [1.82, 2.24) is 9.88 Å². The molecule has 0 aromatic carbocycles. The Hall–Kier alpha value is -1.58. The lowest BCUT2D eigenvalue weighted by Gasteiger charge is -2.19. The molecule has 0 saturated heterocycles. The van der Waals surface area contributed by atoms with Crippen molar-refractivity contribution >= 4 is 5.91 Å². The lowest BCUT2D eigenvalue weighted by molar-refractivity contribution is 0.0751. The van der Waals surface area contributed by atoms with Crippen LogP contribution in [0.2, 0.25) is 0 Å². The Bertz CT molecular complexity index is 421. The molecule has 0 unspecified atom stereocenters. The minimum Gasteiger partial charge on any atom is -0.367 e. The van der Waals surface area contributed by atoms with Crippen LogP contribution in [0.25, 0.3) is 0 Å². The fraction of sp³-hybridized carbons (Fsp3) is 0.455. The van der Waals surface area contributed by atoms with Gasteiger partial charge in [-0.2, -0.15) is 0 Å². The third kappa shape index (κ3) is 1.93. The molecule has 0 spiro atoms. The van der Waals surface area contributed by atoms with Crippen LogP contribution in [-0.4, -0.2) is 28.4 Å². The van der Waals surface area contributed by atoms with E-state index in [0.717, 1.165) is 12.8 Å². The lowest BCUT2D eigenvalue weighted by Crippen LogP contribution is -2.35. The van der Waals surface area contributed by atoms with Crippen LogP contribution in [0.3, 0.4) is 0 Å². The summed E-state index contributed by atoms with van der Waals surface area (Å²) in [6.07, 6.45) is 5.14. The second-order valence-corrected chi connectivity index (χ2v) is 3.74. The fourth-order valence-corrected chi connectivity index (χ4v) is 1.69. The van der Waals surface area contributed by atoms with Gasteiger partial charge in [-0.15, -0.1) is 0 Å². The third-order valence-corrected chi connectivity index (χ3v) is 2.64. The molecule has 1 heterocycles. The smallest absolute Gasteiger partial charge is 0.259 e. The van der Waals surface area contributed by atoms with E-state index in [1.165, 1.54) is 18.5 Å². The van der Waals surface area contributed by atoms with Crippen LogP contribution in [0.1, 0.15) is 30.1 Å². The van der Waals surface area contributed by atoms with Crippen LogP contribution in [-0.2, 0) is 0 Å². The summed E-state index contributed by atoms with van der Waals surface area (Å²) in [6.45, 7) is 2.60. The van der Waals surface area contributed by atoms with Crippen molar-refractivity contribution in [3.8, 4) is 0 Å². The minimum absolute atomic E-state index is 0.151. The topological polar surface area (TPSA) is 53.2 Å². The average Bonchev–Trinajstić information content (AvgIpc) is 3.03. The van der Waals surface area contributed by atoms with Crippen molar-refractivity contribution in [2.75, 3.05) is 6.54 Å². The number of carbonyl (C=O) groups excluding carboxylic acids is 1. The predicted molar refractivity (Wildman–Crippen MR) is 56.8 cm³/mol. The lowest BCUT2D eigenvalue weighted by atomic mass is 10.2. The van der Waals surface area contributed by atoms with Gasteiger partial charge < -0.3 is 9.88 Å². The number of nitrogens with zero attached hydrogens (tertiary/aromatic N) is 1. The number of H-pyrrole nitrogens is 1. The molecule has 1 fully saturated rings. The molecule has 4 nitrogen and oxygen atoms in total. The molecule has 4 heteroatoms. The highest BCUT2D eigenvalue weighted by Crippen LogP contribution is 2.27. The summed E-state index contributed by atoms with van der Waals surface area (Å²) in [5.74, 6) is -0.151. The maximum absolute atomic E-state index is 12.0. The van der Waals surface area contributed by atoms with Gasteiger partial charge in [-0.3, -0.25) is 9.59 Å². The number of hydrogen-bond donors (Lipinski definition) is 1. The van der Waals surface area contributed by atoms with E-state index in [1.807, 2.05) is 6.92 Å². The van der Waals surface area contributed by atoms with Gasteiger partial charge in [0.15, 0.2) is 5.43 Å². The zero-order valence-electron chi connectivity index (χ0n) is 8.69.